The highest BCUT2D eigenvalue weighted by atomic mass is 35.5. The van der Waals surface area contributed by atoms with E-state index >= 15 is 0 Å². The third-order valence-corrected chi connectivity index (χ3v) is 6.30. The highest BCUT2D eigenvalue weighted by molar-refractivity contribution is 7.99. The lowest BCUT2D eigenvalue weighted by atomic mass is 9.85. The lowest BCUT2D eigenvalue weighted by Gasteiger charge is -2.31. The molecule has 1 saturated heterocycles. The zero-order chi connectivity index (χ0) is 14.2. The van der Waals surface area contributed by atoms with E-state index in [0.717, 1.165) is 23.2 Å². The Kier molecular flexibility index (Phi) is 4.35. The van der Waals surface area contributed by atoms with E-state index in [1.165, 1.54) is 36.1 Å². The van der Waals surface area contributed by atoms with Gasteiger partial charge in [0.05, 0.1) is 0 Å². The SMILES string of the molecule is CC1(C)Cc2ccc(Cl)cc2C1NCC1CCCCS1. The molecule has 1 heterocycles. The van der Waals surface area contributed by atoms with Crippen LogP contribution in [0.25, 0.3) is 0 Å². The summed E-state index contributed by atoms with van der Waals surface area (Å²) in [5, 5.41) is 5.50. The second-order valence-electron chi connectivity index (χ2n) is 6.84. The lowest BCUT2D eigenvalue weighted by molar-refractivity contribution is 0.269. The maximum absolute atomic E-state index is 6.20. The number of fused-ring (bicyclic) bond motifs is 1. The van der Waals surface area contributed by atoms with Crippen LogP contribution in [0.2, 0.25) is 5.02 Å². The molecule has 110 valence electrons. The highest BCUT2D eigenvalue weighted by Crippen LogP contribution is 2.46. The summed E-state index contributed by atoms with van der Waals surface area (Å²) in [6.07, 6.45) is 5.31. The van der Waals surface area contributed by atoms with Gasteiger partial charge >= 0.3 is 0 Å². The molecule has 0 amide bonds. The molecule has 0 bridgehead atoms. The molecular weight excluding hydrogens is 286 g/mol. The molecule has 3 heteroatoms. The number of halogens is 1. The molecule has 1 nitrogen and oxygen atoms in total. The van der Waals surface area contributed by atoms with Crippen LogP contribution in [-0.2, 0) is 6.42 Å². The first-order valence-corrected chi connectivity index (χ1v) is 9.12. The molecule has 2 unspecified atom stereocenters. The van der Waals surface area contributed by atoms with Gasteiger partial charge in [0.25, 0.3) is 0 Å². The summed E-state index contributed by atoms with van der Waals surface area (Å²) in [5.74, 6) is 1.34. The minimum atomic E-state index is 0.284. The van der Waals surface area contributed by atoms with Gasteiger partial charge in [0.15, 0.2) is 0 Å². The molecule has 0 aromatic heterocycles. The van der Waals surface area contributed by atoms with E-state index in [9.17, 15) is 0 Å². The van der Waals surface area contributed by atoms with E-state index < -0.39 is 0 Å². The Bertz CT molecular complexity index is 480. The van der Waals surface area contributed by atoms with Gasteiger partial charge in [-0.05, 0) is 53.7 Å². The van der Waals surface area contributed by atoms with Crippen LogP contribution in [0.15, 0.2) is 18.2 Å². The third kappa shape index (κ3) is 3.03. The monoisotopic (exact) mass is 309 g/mol. The summed E-state index contributed by atoms with van der Waals surface area (Å²) >= 11 is 8.34. The molecule has 1 aliphatic carbocycles. The molecule has 2 aliphatic rings. The Morgan fingerprint density at radius 1 is 1.35 bits per heavy atom. The normalized spacial score (nSPS) is 28.4. The van der Waals surface area contributed by atoms with Crippen LogP contribution in [0.3, 0.4) is 0 Å². The van der Waals surface area contributed by atoms with E-state index in [-0.39, 0.29) is 5.41 Å². The summed E-state index contributed by atoms with van der Waals surface area (Å²) in [4.78, 5) is 0. The van der Waals surface area contributed by atoms with Crippen molar-refractivity contribution in [1.29, 1.82) is 0 Å². The van der Waals surface area contributed by atoms with Crippen molar-refractivity contribution < 1.29 is 0 Å². The summed E-state index contributed by atoms with van der Waals surface area (Å²) in [6, 6.07) is 6.84. The minimum absolute atomic E-state index is 0.284. The van der Waals surface area contributed by atoms with Crippen molar-refractivity contribution in [3.63, 3.8) is 0 Å². The second-order valence-corrected chi connectivity index (χ2v) is 8.68. The van der Waals surface area contributed by atoms with Gasteiger partial charge in [-0.15, -0.1) is 0 Å². The van der Waals surface area contributed by atoms with Gasteiger partial charge in [-0.2, -0.15) is 11.8 Å². The average Bonchev–Trinajstić information content (AvgIpc) is 2.67. The van der Waals surface area contributed by atoms with Crippen molar-refractivity contribution in [2.45, 2.75) is 50.8 Å². The van der Waals surface area contributed by atoms with Crippen LogP contribution < -0.4 is 5.32 Å². The topological polar surface area (TPSA) is 12.0 Å². The molecule has 2 atom stereocenters. The first-order chi connectivity index (χ1) is 9.56. The predicted octanol–water partition coefficient (Wildman–Crippen LogP) is 4.84. The predicted molar refractivity (Wildman–Crippen MR) is 89.8 cm³/mol. The van der Waals surface area contributed by atoms with Crippen LogP contribution in [0.5, 0.6) is 0 Å². The van der Waals surface area contributed by atoms with Gasteiger partial charge in [-0.25, -0.2) is 0 Å². The first kappa shape index (κ1) is 14.7. The largest absolute Gasteiger partial charge is 0.308 e. The molecule has 1 aliphatic heterocycles. The highest BCUT2D eigenvalue weighted by Gasteiger charge is 2.38. The van der Waals surface area contributed by atoms with Crippen molar-refractivity contribution in [3.8, 4) is 0 Å². The van der Waals surface area contributed by atoms with E-state index in [4.69, 9.17) is 11.6 Å². The second kappa shape index (κ2) is 5.90. The van der Waals surface area contributed by atoms with Gasteiger partial charge in [0.2, 0.25) is 0 Å². The maximum Gasteiger partial charge on any atom is 0.0409 e. The van der Waals surface area contributed by atoms with Crippen LogP contribution in [0, 0.1) is 5.41 Å². The number of nitrogens with one attached hydrogen (secondary N) is 1. The van der Waals surface area contributed by atoms with Gasteiger partial charge in [0.1, 0.15) is 0 Å². The van der Waals surface area contributed by atoms with Crippen molar-refractivity contribution in [1.82, 2.24) is 5.32 Å². The fourth-order valence-corrected chi connectivity index (χ4v) is 5.05. The Hall–Kier alpha value is -0.180. The molecule has 0 saturated carbocycles. The van der Waals surface area contributed by atoms with E-state index in [2.05, 4.69) is 43.1 Å². The van der Waals surface area contributed by atoms with Gasteiger partial charge in [-0.3, -0.25) is 0 Å². The summed E-state index contributed by atoms with van der Waals surface area (Å²) in [5.41, 5.74) is 3.17. The maximum atomic E-state index is 6.20. The summed E-state index contributed by atoms with van der Waals surface area (Å²) < 4.78 is 0. The van der Waals surface area contributed by atoms with Crippen LogP contribution in [0.1, 0.15) is 50.3 Å². The molecule has 1 fully saturated rings. The standard InChI is InChI=1S/C17H24ClNS/c1-17(2)10-12-6-7-13(18)9-15(12)16(17)19-11-14-5-3-4-8-20-14/h6-7,9,14,16,19H,3-5,8,10-11H2,1-2H3. The number of rotatable bonds is 3. The lowest BCUT2D eigenvalue weighted by Crippen LogP contribution is -2.36. The Morgan fingerprint density at radius 2 is 2.20 bits per heavy atom. The fraction of sp³-hybridized carbons (Fsp3) is 0.647. The molecule has 0 spiro atoms. The summed E-state index contributed by atoms with van der Waals surface area (Å²) in [7, 11) is 0. The van der Waals surface area contributed by atoms with Crippen LogP contribution in [-0.4, -0.2) is 17.5 Å². The molecule has 20 heavy (non-hydrogen) atoms. The molecule has 1 aromatic rings. The van der Waals surface area contributed by atoms with Gasteiger partial charge in [-0.1, -0.05) is 37.9 Å². The average molecular weight is 310 g/mol. The van der Waals surface area contributed by atoms with Crippen LogP contribution in [0.4, 0.5) is 0 Å². The fourth-order valence-electron chi connectivity index (χ4n) is 3.61. The first-order valence-electron chi connectivity index (χ1n) is 7.69. The zero-order valence-electron chi connectivity index (χ0n) is 12.4. The van der Waals surface area contributed by atoms with Crippen molar-refractivity contribution in [3.05, 3.63) is 34.3 Å². The molecule has 3 rings (SSSR count). The van der Waals surface area contributed by atoms with E-state index in [0.29, 0.717) is 6.04 Å². The van der Waals surface area contributed by atoms with Crippen molar-refractivity contribution in [2.75, 3.05) is 12.3 Å². The Labute approximate surface area is 131 Å². The van der Waals surface area contributed by atoms with Gasteiger partial charge in [0, 0.05) is 22.9 Å². The van der Waals surface area contributed by atoms with Crippen molar-refractivity contribution in [2.24, 2.45) is 5.41 Å². The van der Waals surface area contributed by atoms with Crippen molar-refractivity contribution >= 4 is 23.4 Å². The van der Waals surface area contributed by atoms with E-state index in [1.54, 1.807) is 0 Å². The number of benzene rings is 1. The third-order valence-electron chi connectivity index (χ3n) is 4.67. The zero-order valence-corrected chi connectivity index (χ0v) is 14.0. The van der Waals surface area contributed by atoms with E-state index in [1.807, 2.05) is 6.07 Å². The Balaban J connectivity index is 1.72. The molecule has 0 radical (unpaired) electrons. The summed E-state index contributed by atoms with van der Waals surface area (Å²) in [6.45, 7) is 5.86. The number of thioether (sulfide) groups is 1. The Morgan fingerprint density at radius 3 is 2.95 bits per heavy atom. The van der Waals surface area contributed by atoms with Crippen LogP contribution >= 0.6 is 23.4 Å². The quantitative estimate of drug-likeness (QED) is 0.857. The number of hydrogen-bond acceptors (Lipinski definition) is 2. The molecule has 1 N–H and O–H groups in total. The molecular formula is C17H24ClNS. The van der Waals surface area contributed by atoms with Gasteiger partial charge < -0.3 is 5.32 Å². The number of hydrogen-bond donors (Lipinski definition) is 1. The minimum Gasteiger partial charge on any atom is -0.308 e. The molecule has 1 aromatic carbocycles. The smallest absolute Gasteiger partial charge is 0.0409 e.